The minimum absolute atomic E-state index is 0. The summed E-state index contributed by atoms with van der Waals surface area (Å²) in [5.41, 5.74) is 14.0. The number of ether oxygens (including phenoxy) is 2. The predicted octanol–water partition coefficient (Wildman–Crippen LogP) is 2.51. The summed E-state index contributed by atoms with van der Waals surface area (Å²) in [6, 6.07) is 8.43. The molecule has 4 rings (SSSR count). The zero-order valence-corrected chi connectivity index (χ0v) is 20.8. The minimum Gasteiger partial charge on any atom is -0.493 e. The standard InChI is InChI=1S/C25H27FN6O3.ClH/c1-4-15-5-7-16(8-6-15)18(27)14-20(33)31-9-11-32(12-10-31)25-29-22-17(24(28)30-25)13-19(34-2)23(35-3)21(22)26;/h1,5-8,13,18H,9-12,14,27H2,2-3H3,(H2,28,29,30);1H. The van der Waals surface area contributed by atoms with Crippen molar-refractivity contribution < 1.29 is 18.7 Å². The number of anilines is 2. The molecule has 0 aliphatic carbocycles. The highest BCUT2D eigenvalue weighted by Crippen LogP contribution is 2.37. The van der Waals surface area contributed by atoms with Gasteiger partial charge < -0.3 is 30.7 Å². The summed E-state index contributed by atoms with van der Waals surface area (Å²) in [6.07, 6.45) is 5.57. The van der Waals surface area contributed by atoms with Gasteiger partial charge in [0.2, 0.25) is 11.9 Å². The van der Waals surface area contributed by atoms with Crippen LogP contribution in [0.3, 0.4) is 0 Å². The third kappa shape index (κ3) is 5.22. The van der Waals surface area contributed by atoms with E-state index < -0.39 is 11.9 Å². The van der Waals surface area contributed by atoms with E-state index in [0.717, 1.165) is 11.1 Å². The maximum Gasteiger partial charge on any atom is 0.228 e. The second kappa shape index (κ2) is 11.3. The number of hydrogen-bond acceptors (Lipinski definition) is 8. The summed E-state index contributed by atoms with van der Waals surface area (Å²) in [6.45, 7) is 1.85. The Balaban J connectivity index is 0.00000361. The Morgan fingerprint density at radius 3 is 2.42 bits per heavy atom. The van der Waals surface area contributed by atoms with Gasteiger partial charge in [0.1, 0.15) is 11.3 Å². The number of methoxy groups -OCH3 is 2. The van der Waals surface area contributed by atoms with Gasteiger partial charge in [0.25, 0.3) is 0 Å². The first-order valence-electron chi connectivity index (χ1n) is 11.1. The van der Waals surface area contributed by atoms with Gasteiger partial charge in [-0.1, -0.05) is 18.1 Å². The molecular formula is C25H28ClFN6O3. The summed E-state index contributed by atoms with van der Waals surface area (Å²) in [4.78, 5) is 25.2. The quantitative estimate of drug-likeness (QED) is 0.481. The molecule has 36 heavy (non-hydrogen) atoms. The number of carbonyl (C=O) groups is 1. The number of terminal acetylenes is 1. The van der Waals surface area contributed by atoms with Crippen molar-refractivity contribution in [2.75, 3.05) is 51.0 Å². The van der Waals surface area contributed by atoms with Gasteiger partial charge in [-0.15, -0.1) is 18.8 Å². The van der Waals surface area contributed by atoms with Crippen molar-refractivity contribution in [2.45, 2.75) is 12.5 Å². The van der Waals surface area contributed by atoms with Crippen molar-refractivity contribution in [1.82, 2.24) is 14.9 Å². The van der Waals surface area contributed by atoms with E-state index in [2.05, 4.69) is 15.9 Å². The van der Waals surface area contributed by atoms with Crippen LogP contribution in [0.4, 0.5) is 16.2 Å². The van der Waals surface area contributed by atoms with Crippen LogP contribution in [0.2, 0.25) is 0 Å². The lowest BCUT2D eigenvalue weighted by atomic mass is 10.0. The van der Waals surface area contributed by atoms with Crippen molar-refractivity contribution in [2.24, 2.45) is 5.73 Å². The maximum absolute atomic E-state index is 15.1. The maximum atomic E-state index is 15.1. The van der Waals surface area contributed by atoms with Crippen LogP contribution in [0.15, 0.2) is 30.3 Å². The number of fused-ring (bicyclic) bond motifs is 1. The predicted molar refractivity (Wildman–Crippen MR) is 139 cm³/mol. The van der Waals surface area contributed by atoms with Crippen molar-refractivity contribution in [3.8, 4) is 23.8 Å². The molecule has 2 aromatic carbocycles. The first-order chi connectivity index (χ1) is 16.9. The molecule has 0 bridgehead atoms. The topological polar surface area (TPSA) is 120 Å². The Hall–Kier alpha value is -3.81. The van der Waals surface area contributed by atoms with Crippen molar-refractivity contribution in [3.63, 3.8) is 0 Å². The van der Waals surface area contributed by atoms with E-state index >= 15 is 4.39 Å². The number of nitrogens with zero attached hydrogens (tertiary/aromatic N) is 4. The largest absolute Gasteiger partial charge is 0.493 e. The number of carbonyl (C=O) groups excluding carboxylic acids is 1. The number of aromatic nitrogens is 2. The van der Waals surface area contributed by atoms with Gasteiger partial charge in [0.15, 0.2) is 17.3 Å². The van der Waals surface area contributed by atoms with Crippen molar-refractivity contribution in [3.05, 3.63) is 47.3 Å². The van der Waals surface area contributed by atoms with Gasteiger partial charge in [-0.25, -0.2) is 9.37 Å². The van der Waals surface area contributed by atoms with Crippen LogP contribution in [0.5, 0.6) is 11.5 Å². The smallest absolute Gasteiger partial charge is 0.228 e. The van der Waals surface area contributed by atoms with Crippen LogP contribution in [0.25, 0.3) is 10.9 Å². The molecule has 1 aliphatic heterocycles. The number of piperazine rings is 1. The summed E-state index contributed by atoms with van der Waals surface area (Å²) in [5.74, 6) is 2.42. The van der Waals surface area contributed by atoms with Gasteiger partial charge in [0, 0.05) is 49.6 Å². The Morgan fingerprint density at radius 2 is 1.83 bits per heavy atom. The fourth-order valence-corrected chi connectivity index (χ4v) is 4.10. The average Bonchev–Trinajstić information content (AvgIpc) is 2.88. The molecule has 2 heterocycles. The highest BCUT2D eigenvalue weighted by molar-refractivity contribution is 5.92. The van der Waals surface area contributed by atoms with E-state index in [1.807, 2.05) is 29.2 Å². The van der Waals surface area contributed by atoms with Crippen LogP contribution in [0, 0.1) is 18.2 Å². The summed E-state index contributed by atoms with van der Waals surface area (Å²) in [5, 5.41) is 0.335. The number of nitrogen functional groups attached to an aromatic ring is 1. The molecule has 1 atom stereocenters. The lowest BCUT2D eigenvalue weighted by molar-refractivity contribution is -0.131. The minimum atomic E-state index is -0.671. The van der Waals surface area contributed by atoms with E-state index in [4.69, 9.17) is 27.4 Å². The number of benzene rings is 2. The molecule has 1 fully saturated rings. The number of nitrogens with two attached hydrogens (primary N) is 2. The van der Waals surface area contributed by atoms with Crippen LogP contribution in [-0.4, -0.2) is 61.2 Å². The van der Waals surface area contributed by atoms with Gasteiger partial charge in [0.05, 0.1) is 14.2 Å². The van der Waals surface area contributed by atoms with E-state index in [1.54, 1.807) is 11.0 Å². The Bertz CT molecular complexity index is 1290. The molecule has 3 aromatic rings. The number of halogens is 2. The second-order valence-corrected chi connectivity index (χ2v) is 8.18. The van der Waals surface area contributed by atoms with Gasteiger partial charge >= 0.3 is 0 Å². The summed E-state index contributed by atoms with van der Waals surface area (Å²) in [7, 11) is 2.77. The van der Waals surface area contributed by atoms with Crippen LogP contribution >= 0.6 is 12.4 Å². The number of amides is 1. The highest BCUT2D eigenvalue weighted by atomic mass is 35.5. The van der Waals surface area contributed by atoms with Crippen LogP contribution in [-0.2, 0) is 4.79 Å². The van der Waals surface area contributed by atoms with Crippen molar-refractivity contribution in [1.29, 1.82) is 0 Å². The molecule has 9 nitrogen and oxygen atoms in total. The molecule has 1 saturated heterocycles. The Labute approximate surface area is 215 Å². The third-order valence-electron chi connectivity index (χ3n) is 6.11. The number of rotatable bonds is 6. The molecule has 1 unspecified atom stereocenters. The van der Waals surface area contributed by atoms with Crippen molar-refractivity contribution >= 4 is 41.0 Å². The molecule has 0 spiro atoms. The lowest BCUT2D eigenvalue weighted by Gasteiger charge is -2.35. The molecule has 1 aromatic heterocycles. The van der Waals surface area contributed by atoms with E-state index in [1.165, 1.54) is 14.2 Å². The van der Waals surface area contributed by atoms with Gasteiger partial charge in [-0.2, -0.15) is 4.98 Å². The van der Waals surface area contributed by atoms with E-state index in [9.17, 15) is 4.79 Å². The average molecular weight is 515 g/mol. The number of hydrogen-bond donors (Lipinski definition) is 2. The van der Waals surface area contributed by atoms with Crippen LogP contribution in [0.1, 0.15) is 23.6 Å². The van der Waals surface area contributed by atoms with E-state index in [0.29, 0.717) is 37.5 Å². The normalized spacial score (nSPS) is 14.1. The Kier molecular flexibility index (Phi) is 8.40. The molecule has 0 radical (unpaired) electrons. The molecule has 190 valence electrons. The molecule has 1 amide bonds. The van der Waals surface area contributed by atoms with Crippen LogP contribution < -0.4 is 25.8 Å². The van der Waals surface area contributed by atoms with Gasteiger partial charge in [-0.05, 0) is 23.8 Å². The second-order valence-electron chi connectivity index (χ2n) is 8.18. The third-order valence-corrected chi connectivity index (χ3v) is 6.11. The fourth-order valence-electron chi connectivity index (χ4n) is 4.10. The zero-order chi connectivity index (χ0) is 25.1. The summed E-state index contributed by atoms with van der Waals surface area (Å²) >= 11 is 0. The SMILES string of the molecule is C#Cc1ccc(C(N)CC(=O)N2CCN(c3nc(N)c4cc(OC)c(OC)c(F)c4n3)CC2)cc1.Cl. The molecule has 4 N–H and O–H groups in total. The first kappa shape index (κ1) is 26.8. The zero-order valence-electron chi connectivity index (χ0n) is 20.0. The first-order valence-corrected chi connectivity index (χ1v) is 11.1. The fraction of sp³-hybridized carbons (Fsp3) is 0.320. The van der Waals surface area contributed by atoms with E-state index in [-0.39, 0.29) is 47.6 Å². The molecular weight excluding hydrogens is 487 g/mol. The van der Waals surface area contributed by atoms with Gasteiger partial charge in [-0.3, -0.25) is 4.79 Å². The molecule has 11 heteroatoms. The summed E-state index contributed by atoms with van der Waals surface area (Å²) < 4.78 is 25.4. The highest BCUT2D eigenvalue weighted by Gasteiger charge is 2.26. The monoisotopic (exact) mass is 514 g/mol. The Morgan fingerprint density at radius 1 is 1.17 bits per heavy atom. The molecule has 0 saturated carbocycles. The molecule has 1 aliphatic rings. The lowest BCUT2D eigenvalue weighted by Crippen LogP contribution is -2.49.